The van der Waals surface area contributed by atoms with Crippen LogP contribution in [0.5, 0.6) is 0 Å². The zero-order valence-corrected chi connectivity index (χ0v) is 40.5. The number of amides is 4. The molecule has 5 heterocycles. The summed E-state index contributed by atoms with van der Waals surface area (Å²) in [6, 6.07) is 12.2. The molecule has 4 amide bonds. The maximum absolute atomic E-state index is 17.2. The molecule has 4 aliphatic heterocycles. The molecule has 17 heteroatoms. The number of hydrogen-bond acceptors (Lipinski definition) is 10. The topological polar surface area (TPSA) is 173 Å². The number of imidazole rings is 1. The highest BCUT2D eigenvalue weighted by Crippen LogP contribution is 2.50. The van der Waals surface area contributed by atoms with Gasteiger partial charge in [0.2, 0.25) is 11.8 Å². The molecule has 0 radical (unpaired) electrons. The summed E-state index contributed by atoms with van der Waals surface area (Å²) in [4.78, 5) is 65.6. The summed E-state index contributed by atoms with van der Waals surface area (Å²) < 4.78 is 44.0. The summed E-state index contributed by atoms with van der Waals surface area (Å²) in [5.74, 6) is -0.719. The molecule has 0 bridgehead atoms. The van der Waals surface area contributed by atoms with Crippen LogP contribution in [0, 0.1) is 23.5 Å². The smallest absolute Gasteiger partial charge is 0.407 e. The number of H-pyrrole nitrogens is 1. The number of aromatic amines is 1. The fourth-order valence-electron chi connectivity index (χ4n) is 10.4. The third-order valence-corrected chi connectivity index (χ3v) is 14.1. The van der Waals surface area contributed by atoms with Crippen LogP contribution in [-0.2, 0) is 24.5 Å². The largest absolute Gasteiger partial charge is 0.453 e. The Bertz CT molecular complexity index is 2590. The van der Waals surface area contributed by atoms with Gasteiger partial charge in [-0.15, -0.1) is 0 Å². The van der Waals surface area contributed by atoms with E-state index in [1.165, 1.54) is 14.2 Å². The van der Waals surface area contributed by atoms with Gasteiger partial charge in [-0.2, -0.15) is 0 Å². The molecule has 15 nitrogen and oxygen atoms in total. The molecule has 68 heavy (non-hydrogen) atoms. The van der Waals surface area contributed by atoms with E-state index < -0.39 is 54.0 Å². The van der Waals surface area contributed by atoms with Gasteiger partial charge in [-0.25, -0.2) is 23.4 Å². The molecule has 8 rings (SSSR count). The summed E-state index contributed by atoms with van der Waals surface area (Å²) in [7, 11) is 2.52. The van der Waals surface area contributed by atoms with E-state index in [2.05, 4.69) is 64.1 Å². The molecule has 3 fully saturated rings. The molecule has 1 aromatic heterocycles. The van der Waals surface area contributed by atoms with Crippen LogP contribution in [0.2, 0.25) is 0 Å². The van der Waals surface area contributed by atoms with Crippen molar-refractivity contribution in [1.29, 1.82) is 0 Å². The van der Waals surface area contributed by atoms with E-state index in [1.54, 1.807) is 21.9 Å². The average Bonchev–Trinajstić information content (AvgIpc) is 4.17. The van der Waals surface area contributed by atoms with E-state index in [0.29, 0.717) is 78.4 Å². The Morgan fingerprint density at radius 1 is 0.735 bits per heavy atom. The molecule has 6 atom stereocenters. The van der Waals surface area contributed by atoms with Crippen molar-refractivity contribution in [2.24, 2.45) is 11.8 Å². The standard InChI is InChI=1S/C51H65F2N9O6/c1-27(2)42(58-49(65)67-8)47(63)60-24-10-12-31(60)26-39-54-34-20-18-32(40(52)44(34)56-39)36-22-23-37(62(36)30-16-14-29(15-17-30)51(5,6)7)33-19-21-35-45(41(33)53)57-46(55-35)38-13-11-25-61(38)48(64)43(28(3)4)59-50(66)68-9/h14-21,26-28,31,36-38,42-43,54,56H,10-13,22-25H2,1-9H3,(H,55,57)(H,58,65)(H,59,66). The number of anilines is 3. The van der Waals surface area contributed by atoms with Crippen molar-refractivity contribution in [2.45, 2.75) is 129 Å². The normalized spacial score (nSPS) is 21.8. The number of benzene rings is 3. The predicted octanol–water partition coefficient (Wildman–Crippen LogP) is 9.32. The molecular weight excluding hydrogens is 873 g/mol. The van der Waals surface area contributed by atoms with Crippen LogP contribution in [0.4, 0.5) is 35.4 Å². The van der Waals surface area contributed by atoms with Crippen LogP contribution in [0.3, 0.4) is 0 Å². The maximum atomic E-state index is 17.2. The van der Waals surface area contributed by atoms with Crippen molar-refractivity contribution in [3.63, 3.8) is 0 Å². The predicted molar refractivity (Wildman–Crippen MR) is 257 cm³/mol. The second kappa shape index (κ2) is 19.3. The average molecular weight is 938 g/mol. The molecule has 4 aliphatic rings. The summed E-state index contributed by atoms with van der Waals surface area (Å²) in [6.45, 7) is 14.9. The van der Waals surface area contributed by atoms with Crippen molar-refractivity contribution in [3.05, 3.63) is 94.6 Å². The van der Waals surface area contributed by atoms with E-state index >= 15 is 8.78 Å². The Hall–Kier alpha value is -6.39. The summed E-state index contributed by atoms with van der Waals surface area (Å²) >= 11 is 0. The summed E-state index contributed by atoms with van der Waals surface area (Å²) in [5.41, 5.74) is 4.25. The number of likely N-dealkylation sites (tertiary alicyclic amines) is 2. The van der Waals surface area contributed by atoms with Crippen molar-refractivity contribution in [3.8, 4) is 0 Å². The first-order valence-electron chi connectivity index (χ1n) is 23.8. The van der Waals surface area contributed by atoms with E-state index in [0.717, 1.165) is 24.1 Å². The summed E-state index contributed by atoms with van der Waals surface area (Å²) in [6.07, 6.45) is 4.42. The number of carbonyl (C=O) groups is 4. The van der Waals surface area contributed by atoms with Gasteiger partial charge in [0.25, 0.3) is 0 Å². The monoisotopic (exact) mass is 938 g/mol. The Balaban J connectivity index is 1.09. The first-order valence-corrected chi connectivity index (χ1v) is 23.8. The number of rotatable bonds is 11. The lowest BCUT2D eigenvalue weighted by atomic mass is 9.87. The molecule has 0 saturated carbocycles. The molecule has 3 saturated heterocycles. The molecule has 6 unspecified atom stereocenters. The quantitative estimate of drug-likeness (QED) is 0.0976. The maximum Gasteiger partial charge on any atom is 0.407 e. The number of fused-ring (bicyclic) bond motifs is 2. The van der Waals surface area contributed by atoms with Crippen molar-refractivity contribution < 1.29 is 37.4 Å². The molecule has 0 aliphatic carbocycles. The number of nitrogens with one attached hydrogen (secondary N) is 5. The van der Waals surface area contributed by atoms with Crippen molar-refractivity contribution in [2.75, 3.05) is 42.8 Å². The van der Waals surface area contributed by atoms with Crippen LogP contribution in [0.1, 0.15) is 128 Å². The van der Waals surface area contributed by atoms with E-state index in [4.69, 9.17) is 14.5 Å². The van der Waals surface area contributed by atoms with Gasteiger partial charge in [0, 0.05) is 29.9 Å². The Labute approximate surface area is 396 Å². The fourth-order valence-corrected chi connectivity index (χ4v) is 10.4. The zero-order valence-electron chi connectivity index (χ0n) is 40.5. The van der Waals surface area contributed by atoms with E-state index in [1.807, 2.05) is 58.0 Å². The van der Waals surface area contributed by atoms with Crippen LogP contribution >= 0.6 is 0 Å². The fraction of sp³-hybridized carbons (Fsp3) is 0.510. The molecule has 3 aromatic carbocycles. The number of aromatic nitrogens is 2. The van der Waals surface area contributed by atoms with Gasteiger partial charge in [-0.3, -0.25) is 9.59 Å². The van der Waals surface area contributed by atoms with Gasteiger partial charge in [-0.1, -0.05) is 72.7 Å². The third-order valence-electron chi connectivity index (χ3n) is 14.1. The Morgan fingerprint density at radius 3 is 1.91 bits per heavy atom. The molecular formula is C51H65F2N9O6. The van der Waals surface area contributed by atoms with Crippen LogP contribution in [0.25, 0.3) is 11.0 Å². The highest BCUT2D eigenvalue weighted by Gasteiger charge is 2.42. The second-order valence-corrected chi connectivity index (χ2v) is 20.2. The van der Waals surface area contributed by atoms with Crippen molar-refractivity contribution >= 4 is 52.1 Å². The lowest BCUT2D eigenvalue weighted by Gasteiger charge is -2.34. The zero-order chi connectivity index (χ0) is 48.8. The highest BCUT2D eigenvalue weighted by molar-refractivity contribution is 5.88. The van der Waals surface area contributed by atoms with Gasteiger partial charge in [-0.05, 0) is 91.7 Å². The SMILES string of the molecule is COC(=O)NC(C(=O)N1CCCC1C=C1Nc2ccc(C3CCC(c4ccc5[nH]c(C6CCCN6C(=O)C(NC(=O)OC)C(C)C)nc5c4F)N3c3ccc(C(C)(C)C)cc3)c(F)c2N1)C(C)C. The van der Waals surface area contributed by atoms with Crippen LogP contribution in [0.15, 0.2) is 60.4 Å². The number of ether oxygens (including phenoxy) is 2. The lowest BCUT2D eigenvalue weighted by molar-refractivity contribution is -0.135. The number of carbonyl (C=O) groups excluding carboxylic acids is 4. The molecule has 4 aromatic rings. The number of halogens is 2. The third kappa shape index (κ3) is 9.27. The Kier molecular flexibility index (Phi) is 13.7. The second-order valence-electron chi connectivity index (χ2n) is 20.2. The molecule has 0 spiro atoms. The lowest BCUT2D eigenvalue weighted by Crippen LogP contribution is -2.52. The van der Waals surface area contributed by atoms with Gasteiger partial charge >= 0.3 is 12.2 Å². The minimum atomic E-state index is -0.808. The minimum absolute atomic E-state index is 0.112. The number of alkyl carbamates (subject to hydrolysis) is 2. The van der Waals surface area contributed by atoms with Crippen LogP contribution in [-0.4, -0.2) is 89.2 Å². The highest BCUT2D eigenvalue weighted by atomic mass is 19.1. The Morgan fingerprint density at radius 2 is 1.31 bits per heavy atom. The minimum Gasteiger partial charge on any atom is -0.453 e. The molecule has 364 valence electrons. The number of methoxy groups -OCH3 is 2. The van der Waals surface area contributed by atoms with Crippen molar-refractivity contribution in [1.82, 2.24) is 30.4 Å². The number of nitrogens with zero attached hydrogens (tertiary/aromatic N) is 4. The van der Waals surface area contributed by atoms with Gasteiger partial charge in [0.15, 0.2) is 11.6 Å². The summed E-state index contributed by atoms with van der Waals surface area (Å²) in [5, 5.41) is 11.9. The van der Waals surface area contributed by atoms with Crippen LogP contribution < -0.4 is 26.2 Å². The van der Waals surface area contributed by atoms with E-state index in [-0.39, 0.29) is 40.6 Å². The van der Waals surface area contributed by atoms with E-state index in [9.17, 15) is 19.2 Å². The van der Waals surface area contributed by atoms with Gasteiger partial charge < -0.3 is 50.4 Å². The first-order chi connectivity index (χ1) is 32.4. The number of hydrogen-bond donors (Lipinski definition) is 5. The van der Waals surface area contributed by atoms with Gasteiger partial charge in [0.05, 0.1) is 49.6 Å². The first kappa shape index (κ1) is 48.1. The van der Waals surface area contributed by atoms with Gasteiger partial charge in [0.1, 0.15) is 34.9 Å². The molecule has 5 N–H and O–H groups in total.